The second-order valence-electron chi connectivity index (χ2n) is 8.20. The van der Waals surface area contributed by atoms with Gasteiger partial charge in [0.05, 0.1) is 29.8 Å². The van der Waals surface area contributed by atoms with Crippen molar-refractivity contribution < 1.29 is 14.3 Å². The van der Waals surface area contributed by atoms with Gasteiger partial charge in [-0.2, -0.15) is 9.78 Å². The lowest BCUT2D eigenvalue weighted by molar-refractivity contribution is -0.131. The summed E-state index contributed by atoms with van der Waals surface area (Å²) in [5, 5.41) is 8.07. The lowest BCUT2D eigenvalue weighted by Gasteiger charge is -2.31. The number of rotatable bonds is 5. The van der Waals surface area contributed by atoms with E-state index in [-0.39, 0.29) is 23.7 Å². The molecule has 0 bridgehead atoms. The lowest BCUT2D eigenvalue weighted by Crippen LogP contribution is -2.44. The number of hydrogen-bond donors (Lipinski definition) is 1. The van der Waals surface area contributed by atoms with Crippen LogP contribution in [0.1, 0.15) is 30.3 Å². The third-order valence-electron chi connectivity index (χ3n) is 5.81. The summed E-state index contributed by atoms with van der Waals surface area (Å²) in [6.45, 7) is 3.38. The predicted octanol–water partition coefficient (Wildman–Crippen LogP) is 3.04. The van der Waals surface area contributed by atoms with Crippen molar-refractivity contribution in [3.63, 3.8) is 0 Å². The van der Waals surface area contributed by atoms with E-state index in [0.717, 1.165) is 17.5 Å². The molecular weight excluding hydrogens is 444 g/mol. The van der Waals surface area contributed by atoms with E-state index in [2.05, 4.69) is 17.3 Å². The van der Waals surface area contributed by atoms with E-state index >= 15 is 0 Å². The molecule has 1 aliphatic heterocycles. The molecule has 0 aliphatic carbocycles. The first-order valence-electron chi connectivity index (χ1n) is 10.8. The van der Waals surface area contributed by atoms with Gasteiger partial charge in [0, 0.05) is 18.5 Å². The van der Waals surface area contributed by atoms with Gasteiger partial charge in [0.15, 0.2) is 5.69 Å². The zero-order valence-electron chi connectivity index (χ0n) is 18.5. The molecule has 0 saturated carbocycles. The zero-order chi connectivity index (χ0) is 23.5. The average Bonchev–Trinajstić information content (AvgIpc) is 2.82. The van der Waals surface area contributed by atoms with Gasteiger partial charge >= 0.3 is 0 Å². The summed E-state index contributed by atoms with van der Waals surface area (Å²) in [7, 11) is 1.50. The highest BCUT2D eigenvalue weighted by Crippen LogP contribution is 2.26. The van der Waals surface area contributed by atoms with Gasteiger partial charge in [-0.05, 0) is 43.0 Å². The van der Waals surface area contributed by atoms with Crippen molar-refractivity contribution in [1.82, 2.24) is 20.0 Å². The smallest absolute Gasteiger partial charge is 0.279 e. The molecule has 0 unspecified atom stereocenters. The first-order chi connectivity index (χ1) is 15.9. The van der Waals surface area contributed by atoms with Gasteiger partial charge in [-0.25, -0.2) is 0 Å². The van der Waals surface area contributed by atoms with Crippen molar-refractivity contribution in [2.75, 3.05) is 26.7 Å². The molecule has 3 aromatic rings. The molecule has 1 atom stereocenters. The molecule has 1 aromatic heterocycles. The standard InChI is InChI=1S/C24H25ClN4O4/c1-15-6-5-11-28(14-15)21(30)13-26-23(31)22-17-7-3-4-8-18(17)24(32)29(27-22)16-9-10-20(33-2)19(25)12-16/h3-4,7-10,12,15H,5-6,11,13-14H2,1-2H3,(H,26,31)/t15-/m0/s1. The van der Waals surface area contributed by atoms with E-state index in [1.807, 2.05) is 0 Å². The normalized spacial score (nSPS) is 16.0. The van der Waals surface area contributed by atoms with Crippen LogP contribution in [0, 0.1) is 5.92 Å². The highest BCUT2D eigenvalue weighted by molar-refractivity contribution is 6.32. The number of likely N-dealkylation sites (tertiary alicyclic amines) is 1. The molecule has 1 aliphatic rings. The number of nitrogens with zero attached hydrogens (tertiary/aromatic N) is 3. The van der Waals surface area contributed by atoms with Crippen LogP contribution in [0.2, 0.25) is 5.02 Å². The number of fused-ring (bicyclic) bond motifs is 1. The number of piperidine rings is 1. The number of nitrogens with one attached hydrogen (secondary N) is 1. The Balaban J connectivity index is 1.66. The summed E-state index contributed by atoms with van der Waals surface area (Å²) in [5.74, 6) is 0.245. The molecule has 2 aromatic carbocycles. The average molecular weight is 469 g/mol. The molecule has 1 saturated heterocycles. The van der Waals surface area contributed by atoms with Crippen LogP contribution in [0.15, 0.2) is 47.3 Å². The molecule has 33 heavy (non-hydrogen) atoms. The summed E-state index contributed by atoms with van der Waals surface area (Å²) in [5.41, 5.74) is 0.0581. The van der Waals surface area contributed by atoms with Gasteiger partial charge in [-0.3, -0.25) is 14.4 Å². The second-order valence-corrected chi connectivity index (χ2v) is 8.61. The Hall–Kier alpha value is -3.39. The van der Waals surface area contributed by atoms with E-state index in [1.54, 1.807) is 47.4 Å². The monoisotopic (exact) mass is 468 g/mol. The molecule has 2 amide bonds. The van der Waals surface area contributed by atoms with Crippen LogP contribution in [0.5, 0.6) is 5.75 Å². The lowest BCUT2D eigenvalue weighted by atomic mass is 10.0. The second kappa shape index (κ2) is 9.62. The number of amides is 2. The number of benzene rings is 2. The Labute approximate surface area is 196 Å². The van der Waals surface area contributed by atoms with Gasteiger partial charge in [0.2, 0.25) is 5.91 Å². The van der Waals surface area contributed by atoms with Crippen molar-refractivity contribution in [1.29, 1.82) is 0 Å². The third kappa shape index (κ3) is 4.71. The maximum absolute atomic E-state index is 13.1. The first-order valence-corrected chi connectivity index (χ1v) is 11.2. The number of carbonyl (C=O) groups excluding carboxylic acids is 2. The van der Waals surface area contributed by atoms with E-state index in [1.165, 1.54) is 7.11 Å². The Morgan fingerprint density at radius 2 is 1.97 bits per heavy atom. The number of aromatic nitrogens is 2. The van der Waals surface area contributed by atoms with Crippen LogP contribution >= 0.6 is 11.6 Å². The largest absolute Gasteiger partial charge is 0.495 e. The Kier molecular flexibility index (Phi) is 6.65. The third-order valence-corrected chi connectivity index (χ3v) is 6.11. The van der Waals surface area contributed by atoms with Crippen molar-refractivity contribution in [3.05, 3.63) is 63.5 Å². The number of methoxy groups -OCH3 is 1. The Bertz CT molecular complexity index is 1270. The van der Waals surface area contributed by atoms with Crippen molar-refractivity contribution in [2.24, 2.45) is 5.92 Å². The van der Waals surface area contributed by atoms with Crippen LogP contribution in [-0.2, 0) is 4.79 Å². The highest BCUT2D eigenvalue weighted by atomic mass is 35.5. The fourth-order valence-corrected chi connectivity index (χ4v) is 4.34. The van der Waals surface area contributed by atoms with Gasteiger partial charge in [-0.15, -0.1) is 0 Å². The van der Waals surface area contributed by atoms with E-state index in [0.29, 0.717) is 46.2 Å². The fourth-order valence-electron chi connectivity index (χ4n) is 4.09. The van der Waals surface area contributed by atoms with Gasteiger partial charge in [-0.1, -0.05) is 36.7 Å². The van der Waals surface area contributed by atoms with Gasteiger partial charge in [0.1, 0.15) is 5.75 Å². The number of ether oxygens (including phenoxy) is 1. The minimum Gasteiger partial charge on any atom is -0.495 e. The topological polar surface area (TPSA) is 93.5 Å². The molecular formula is C24H25ClN4O4. The van der Waals surface area contributed by atoms with Crippen molar-refractivity contribution >= 4 is 34.2 Å². The van der Waals surface area contributed by atoms with Crippen LogP contribution in [0.4, 0.5) is 0 Å². The van der Waals surface area contributed by atoms with E-state index in [4.69, 9.17) is 16.3 Å². The molecule has 0 radical (unpaired) electrons. The Morgan fingerprint density at radius 1 is 1.21 bits per heavy atom. The first kappa shape index (κ1) is 22.8. The molecule has 4 rings (SSSR count). The van der Waals surface area contributed by atoms with Crippen LogP contribution in [-0.4, -0.2) is 53.2 Å². The molecule has 172 valence electrons. The van der Waals surface area contributed by atoms with Gasteiger partial charge < -0.3 is 15.0 Å². The summed E-state index contributed by atoms with van der Waals surface area (Å²) in [6.07, 6.45) is 2.06. The van der Waals surface area contributed by atoms with Gasteiger partial charge in [0.25, 0.3) is 11.5 Å². The van der Waals surface area contributed by atoms with E-state index < -0.39 is 5.91 Å². The summed E-state index contributed by atoms with van der Waals surface area (Å²) >= 11 is 6.23. The van der Waals surface area contributed by atoms with Crippen molar-refractivity contribution in [3.8, 4) is 11.4 Å². The van der Waals surface area contributed by atoms with Crippen LogP contribution < -0.4 is 15.6 Å². The summed E-state index contributed by atoms with van der Waals surface area (Å²) in [4.78, 5) is 40.5. The zero-order valence-corrected chi connectivity index (χ0v) is 19.3. The number of carbonyl (C=O) groups is 2. The minimum absolute atomic E-state index is 0.0527. The molecule has 2 heterocycles. The van der Waals surface area contributed by atoms with Crippen molar-refractivity contribution in [2.45, 2.75) is 19.8 Å². The highest BCUT2D eigenvalue weighted by Gasteiger charge is 2.23. The number of hydrogen-bond acceptors (Lipinski definition) is 5. The summed E-state index contributed by atoms with van der Waals surface area (Å²) in [6, 6.07) is 11.6. The molecule has 8 nitrogen and oxygen atoms in total. The molecule has 1 N–H and O–H groups in total. The predicted molar refractivity (Wildman–Crippen MR) is 126 cm³/mol. The molecule has 9 heteroatoms. The fraction of sp³-hybridized carbons (Fsp3) is 0.333. The van der Waals surface area contributed by atoms with Crippen LogP contribution in [0.25, 0.3) is 16.5 Å². The quantitative estimate of drug-likeness (QED) is 0.621. The maximum Gasteiger partial charge on any atom is 0.279 e. The molecule has 0 spiro atoms. The minimum atomic E-state index is -0.530. The summed E-state index contributed by atoms with van der Waals surface area (Å²) < 4.78 is 6.31. The number of halogens is 1. The van der Waals surface area contributed by atoms with Crippen LogP contribution in [0.3, 0.4) is 0 Å². The maximum atomic E-state index is 13.1. The molecule has 1 fully saturated rings. The van der Waals surface area contributed by atoms with E-state index in [9.17, 15) is 14.4 Å². The SMILES string of the molecule is COc1ccc(-n2nc(C(=O)NCC(=O)N3CCC[C@H](C)C3)c3ccccc3c2=O)cc1Cl. The Morgan fingerprint density at radius 3 is 2.67 bits per heavy atom.